The number of piperazine rings is 1. The third-order valence-corrected chi connectivity index (χ3v) is 7.94. The van der Waals surface area contributed by atoms with Crippen LogP contribution in [0.15, 0.2) is 0 Å². The summed E-state index contributed by atoms with van der Waals surface area (Å²) in [4.78, 5) is 17.9. The molecule has 0 atom stereocenters. The Morgan fingerprint density at radius 3 is 2.26 bits per heavy atom. The summed E-state index contributed by atoms with van der Waals surface area (Å²) in [6.45, 7) is 8.27. The van der Waals surface area contributed by atoms with Crippen LogP contribution in [0, 0.1) is 11.8 Å². The largest absolute Gasteiger partial charge is 0.368 e. The second kappa shape index (κ2) is 13.4. The molecule has 2 aliphatic carbocycles. The van der Waals surface area contributed by atoms with E-state index < -0.39 is 0 Å². The summed E-state index contributed by atoms with van der Waals surface area (Å²) in [5, 5.41) is 10.9. The SMILES string of the molecule is CN1CCN(c2nc(N)nc(NC[C@H]3CC[C@H](CNCCCNC4CCCCC4)CC3)n2)CC1. The lowest BCUT2D eigenvalue weighted by Crippen LogP contribution is -2.45. The van der Waals surface area contributed by atoms with Crippen LogP contribution in [0.1, 0.15) is 64.2 Å². The standard InChI is InChI=1S/C25H47N9/c1-33-14-16-34(17-15-33)25-31-23(26)30-24(32-25)29-19-21-10-8-20(9-11-21)18-27-12-5-13-28-22-6-3-2-4-7-22/h20-22,27-28H,2-19H2,1H3,(H3,26,29,30,31,32)/t20-,21-. The zero-order chi connectivity index (χ0) is 23.6. The first-order valence-electron chi connectivity index (χ1n) is 13.8. The van der Waals surface area contributed by atoms with E-state index in [-0.39, 0.29) is 0 Å². The van der Waals surface area contributed by atoms with Crippen molar-refractivity contribution in [2.45, 2.75) is 70.3 Å². The number of nitrogens with two attached hydrogens (primary N) is 1. The average molecular weight is 474 g/mol. The Hall–Kier alpha value is -1.71. The highest BCUT2D eigenvalue weighted by molar-refractivity contribution is 5.42. The van der Waals surface area contributed by atoms with Gasteiger partial charge in [0.1, 0.15) is 0 Å². The number of aromatic nitrogens is 3. The molecule has 1 aromatic heterocycles. The fraction of sp³-hybridized carbons (Fsp3) is 0.880. The van der Waals surface area contributed by atoms with E-state index >= 15 is 0 Å². The highest BCUT2D eigenvalue weighted by Gasteiger charge is 2.22. The Bertz CT molecular complexity index is 708. The molecule has 192 valence electrons. The third-order valence-electron chi connectivity index (χ3n) is 7.94. The summed E-state index contributed by atoms with van der Waals surface area (Å²) in [7, 11) is 2.15. The molecule has 3 fully saturated rings. The molecule has 0 amide bonds. The zero-order valence-corrected chi connectivity index (χ0v) is 21.3. The number of nitrogen functional groups attached to an aromatic ring is 1. The van der Waals surface area contributed by atoms with Crippen LogP contribution in [0.3, 0.4) is 0 Å². The molecule has 9 nitrogen and oxygen atoms in total. The smallest absolute Gasteiger partial charge is 0.232 e. The molecule has 9 heteroatoms. The first-order valence-corrected chi connectivity index (χ1v) is 13.8. The summed E-state index contributed by atoms with van der Waals surface area (Å²) in [6.07, 6.45) is 13.4. The normalized spacial score (nSPS) is 24.9. The van der Waals surface area contributed by atoms with E-state index in [9.17, 15) is 0 Å². The van der Waals surface area contributed by atoms with Crippen molar-refractivity contribution in [2.24, 2.45) is 11.8 Å². The van der Waals surface area contributed by atoms with Crippen LogP contribution in [-0.4, -0.2) is 85.3 Å². The minimum absolute atomic E-state index is 0.301. The molecule has 3 aliphatic rings. The van der Waals surface area contributed by atoms with E-state index in [2.05, 4.69) is 47.7 Å². The summed E-state index contributed by atoms with van der Waals surface area (Å²) in [6, 6.07) is 0.782. The van der Waals surface area contributed by atoms with Crippen molar-refractivity contribution in [1.82, 2.24) is 30.5 Å². The fourth-order valence-electron chi connectivity index (χ4n) is 5.62. The molecule has 2 heterocycles. The van der Waals surface area contributed by atoms with Crippen molar-refractivity contribution in [3.63, 3.8) is 0 Å². The number of hydrogen-bond acceptors (Lipinski definition) is 9. The molecule has 1 aromatic rings. The van der Waals surface area contributed by atoms with Gasteiger partial charge in [0.05, 0.1) is 0 Å². The lowest BCUT2D eigenvalue weighted by molar-refractivity contribution is 0.275. The number of nitrogens with one attached hydrogen (secondary N) is 3. The van der Waals surface area contributed by atoms with Gasteiger partial charge in [0.15, 0.2) is 0 Å². The van der Waals surface area contributed by atoms with Crippen LogP contribution < -0.4 is 26.6 Å². The lowest BCUT2D eigenvalue weighted by Gasteiger charge is -2.32. The van der Waals surface area contributed by atoms with Crippen molar-refractivity contribution in [1.29, 1.82) is 0 Å². The van der Waals surface area contributed by atoms with E-state index in [1.807, 2.05) is 0 Å². The molecule has 0 radical (unpaired) electrons. The van der Waals surface area contributed by atoms with Crippen molar-refractivity contribution < 1.29 is 0 Å². The van der Waals surface area contributed by atoms with Crippen LogP contribution in [0.5, 0.6) is 0 Å². The molecule has 4 rings (SSSR count). The van der Waals surface area contributed by atoms with Crippen LogP contribution in [0.4, 0.5) is 17.8 Å². The number of hydrogen-bond donors (Lipinski definition) is 4. The van der Waals surface area contributed by atoms with E-state index in [0.29, 0.717) is 23.8 Å². The maximum atomic E-state index is 5.98. The van der Waals surface area contributed by atoms with Crippen molar-refractivity contribution in [2.75, 3.05) is 75.4 Å². The highest BCUT2D eigenvalue weighted by Crippen LogP contribution is 2.28. The van der Waals surface area contributed by atoms with Gasteiger partial charge in [-0.25, -0.2) is 0 Å². The quantitative estimate of drug-likeness (QED) is 0.360. The molecule has 0 spiro atoms. The lowest BCUT2D eigenvalue weighted by atomic mass is 9.82. The van der Waals surface area contributed by atoms with Crippen LogP contribution >= 0.6 is 0 Å². The predicted molar refractivity (Wildman–Crippen MR) is 140 cm³/mol. The minimum atomic E-state index is 0.301. The molecule has 1 aliphatic heterocycles. The first kappa shape index (κ1) is 25.4. The minimum Gasteiger partial charge on any atom is -0.368 e. The van der Waals surface area contributed by atoms with Crippen LogP contribution in [0.2, 0.25) is 0 Å². The molecule has 0 bridgehead atoms. The molecular formula is C25H47N9. The highest BCUT2D eigenvalue weighted by atomic mass is 15.3. The van der Waals surface area contributed by atoms with Gasteiger partial charge in [-0.2, -0.15) is 15.0 Å². The number of anilines is 3. The predicted octanol–water partition coefficient (Wildman–Crippen LogP) is 2.33. The summed E-state index contributed by atoms with van der Waals surface area (Å²) < 4.78 is 0. The van der Waals surface area contributed by atoms with E-state index in [1.165, 1.54) is 70.8 Å². The van der Waals surface area contributed by atoms with E-state index in [0.717, 1.165) is 57.8 Å². The fourth-order valence-corrected chi connectivity index (χ4v) is 5.62. The van der Waals surface area contributed by atoms with Gasteiger partial charge >= 0.3 is 0 Å². The number of likely N-dealkylation sites (N-methyl/N-ethyl adjacent to an activating group) is 1. The van der Waals surface area contributed by atoms with Gasteiger partial charge in [-0.1, -0.05) is 19.3 Å². The molecule has 0 unspecified atom stereocenters. The maximum absolute atomic E-state index is 5.98. The molecule has 34 heavy (non-hydrogen) atoms. The van der Waals surface area contributed by atoms with Gasteiger partial charge < -0.3 is 31.5 Å². The molecule has 1 saturated heterocycles. The maximum Gasteiger partial charge on any atom is 0.232 e. The molecular weight excluding hydrogens is 426 g/mol. The Balaban J connectivity index is 1.08. The van der Waals surface area contributed by atoms with Gasteiger partial charge in [0.25, 0.3) is 0 Å². The van der Waals surface area contributed by atoms with Crippen molar-refractivity contribution in [3.05, 3.63) is 0 Å². The monoisotopic (exact) mass is 473 g/mol. The van der Waals surface area contributed by atoms with E-state index in [4.69, 9.17) is 5.73 Å². The zero-order valence-electron chi connectivity index (χ0n) is 21.3. The first-order chi connectivity index (χ1) is 16.7. The Labute approximate surface area is 206 Å². The van der Waals surface area contributed by atoms with Crippen LogP contribution in [0.25, 0.3) is 0 Å². The number of nitrogens with zero attached hydrogens (tertiary/aromatic N) is 5. The van der Waals surface area contributed by atoms with Gasteiger partial charge in [0.2, 0.25) is 17.8 Å². The Kier molecular flexibility index (Phi) is 10.0. The van der Waals surface area contributed by atoms with Crippen LogP contribution in [-0.2, 0) is 0 Å². The van der Waals surface area contributed by atoms with Gasteiger partial charge in [-0.05, 0) is 83.5 Å². The molecule has 5 N–H and O–H groups in total. The second-order valence-electron chi connectivity index (χ2n) is 10.7. The second-order valence-corrected chi connectivity index (χ2v) is 10.7. The summed E-state index contributed by atoms with van der Waals surface area (Å²) in [5.74, 6) is 3.12. The molecule has 0 aromatic carbocycles. The Morgan fingerprint density at radius 2 is 1.53 bits per heavy atom. The Morgan fingerprint density at radius 1 is 0.824 bits per heavy atom. The van der Waals surface area contributed by atoms with Gasteiger partial charge in [-0.15, -0.1) is 0 Å². The van der Waals surface area contributed by atoms with E-state index in [1.54, 1.807) is 0 Å². The van der Waals surface area contributed by atoms with Crippen molar-refractivity contribution >= 4 is 17.8 Å². The van der Waals surface area contributed by atoms with Gasteiger partial charge in [-0.3, -0.25) is 0 Å². The number of rotatable bonds is 11. The summed E-state index contributed by atoms with van der Waals surface area (Å²) in [5.41, 5.74) is 5.98. The topological polar surface area (TPSA) is 107 Å². The average Bonchev–Trinajstić information content (AvgIpc) is 2.86. The summed E-state index contributed by atoms with van der Waals surface area (Å²) >= 11 is 0. The molecule has 2 saturated carbocycles. The third kappa shape index (κ3) is 8.20. The van der Waals surface area contributed by atoms with Crippen molar-refractivity contribution in [3.8, 4) is 0 Å². The van der Waals surface area contributed by atoms with Gasteiger partial charge in [0, 0.05) is 38.8 Å².